The van der Waals surface area contributed by atoms with E-state index in [1.54, 1.807) is 36.7 Å². The Kier molecular flexibility index (Phi) is 6.95. The minimum Gasteiger partial charge on any atom is -0.326 e. The number of anilines is 1. The molecule has 4 aromatic rings. The van der Waals surface area contributed by atoms with Gasteiger partial charge in [0, 0.05) is 36.1 Å². The standard InChI is InChI=1S/C25H23N5O2S/c1-17(23(32)20-8-10-22(11-9-20)27-18(2)31)33-25-29-28-24(21-12-14-26-15-13-21)30(25)16-19-6-4-3-5-7-19/h3-15,17H,16H2,1-2H3,(H,27,31). The summed E-state index contributed by atoms with van der Waals surface area (Å²) in [7, 11) is 0. The maximum Gasteiger partial charge on any atom is 0.221 e. The zero-order valence-corrected chi connectivity index (χ0v) is 19.1. The summed E-state index contributed by atoms with van der Waals surface area (Å²) in [4.78, 5) is 28.4. The van der Waals surface area contributed by atoms with Crippen molar-refractivity contribution in [3.8, 4) is 11.4 Å². The molecular formula is C25H23N5O2S. The van der Waals surface area contributed by atoms with Crippen LogP contribution in [0.15, 0.2) is 84.3 Å². The second kappa shape index (κ2) is 10.2. The number of rotatable bonds is 8. The summed E-state index contributed by atoms with van der Waals surface area (Å²) < 4.78 is 2.03. The van der Waals surface area contributed by atoms with Gasteiger partial charge in [-0.3, -0.25) is 19.1 Å². The summed E-state index contributed by atoms with van der Waals surface area (Å²) in [6.45, 7) is 3.89. The van der Waals surface area contributed by atoms with Crippen LogP contribution in [-0.2, 0) is 11.3 Å². The third-order valence-corrected chi connectivity index (χ3v) is 6.06. The number of nitrogens with zero attached hydrogens (tertiary/aromatic N) is 4. The van der Waals surface area contributed by atoms with Crippen molar-refractivity contribution >= 4 is 29.1 Å². The molecule has 1 atom stereocenters. The number of thioether (sulfide) groups is 1. The van der Waals surface area contributed by atoms with Crippen molar-refractivity contribution in [1.82, 2.24) is 19.7 Å². The number of benzene rings is 2. The number of nitrogens with one attached hydrogen (secondary N) is 1. The van der Waals surface area contributed by atoms with Gasteiger partial charge in [0.2, 0.25) is 5.91 Å². The number of hydrogen-bond donors (Lipinski definition) is 1. The second-order valence-corrected chi connectivity index (χ2v) is 8.80. The molecule has 7 nitrogen and oxygen atoms in total. The van der Waals surface area contributed by atoms with Crippen LogP contribution in [-0.4, -0.2) is 36.7 Å². The first-order chi connectivity index (χ1) is 16.0. The fourth-order valence-electron chi connectivity index (χ4n) is 3.37. The predicted molar refractivity (Wildman–Crippen MR) is 129 cm³/mol. The molecule has 0 saturated heterocycles. The van der Waals surface area contributed by atoms with Crippen LogP contribution < -0.4 is 5.32 Å². The summed E-state index contributed by atoms with van der Waals surface area (Å²) in [5.41, 5.74) is 3.26. The van der Waals surface area contributed by atoms with Gasteiger partial charge in [-0.05, 0) is 48.9 Å². The molecule has 1 amide bonds. The Morgan fingerprint density at radius 2 is 1.67 bits per heavy atom. The van der Waals surface area contributed by atoms with Crippen LogP contribution in [0.1, 0.15) is 29.8 Å². The van der Waals surface area contributed by atoms with Crippen molar-refractivity contribution in [3.05, 3.63) is 90.3 Å². The quantitative estimate of drug-likeness (QED) is 0.304. The molecule has 33 heavy (non-hydrogen) atoms. The topological polar surface area (TPSA) is 89.8 Å². The lowest BCUT2D eigenvalue weighted by atomic mass is 10.1. The number of amides is 1. The van der Waals surface area contributed by atoms with Crippen LogP contribution in [0.4, 0.5) is 5.69 Å². The Morgan fingerprint density at radius 3 is 2.33 bits per heavy atom. The van der Waals surface area contributed by atoms with Gasteiger partial charge in [-0.15, -0.1) is 10.2 Å². The van der Waals surface area contributed by atoms with E-state index in [4.69, 9.17) is 0 Å². The normalized spacial score (nSPS) is 11.7. The highest BCUT2D eigenvalue weighted by molar-refractivity contribution is 8.00. The summed E-state index contributed by atoms with van der Waals surface area (Å²) in [6, 6.07) is 20.8. The molecule has 0 aliphatic rings. The zero-order chi connectivity index (χ0) is 23.2. The average Bonchev–Trinajstić information content (AvgIpc) is 3.21. The van der Waals surface area contributed by atoms with Gasteiger partial charge in [0.05, 0.1) is 11.8 Å². The monoisotopic (exact) mass is 457 g/mol. The summed E-state index contributed by atoms with van der Waals surface area (Å²) in [6.07, 6.45) is 3.45. The van der Waals surface area contributed by atoms with Crippen molar-refractivity contribution < 1.29 is 9.59 Å². The van der Waals surface area contributed by atoms with Crippen LogP contribution in [0.3, 0.4) is 0 Å². The molecule has 0 aliphatic carbocycles. The number of ketones is 1. The molecule has 0 fully saturated rings. The highest BCUT2D eigenvalue weighted by Gasteiger charge is 2.22. The molecule has 2 aromatic carbocycles. The maximum absolute atomic E-state index is 13.1. The molecule has 1 N–H and O–H groups in total. The molecule has 0 spiro atoms. The van der Waals surface area contributed by atoms with Gasteiger partial charge in [-0.1, -0.05) is 42.1 Å². The molecule has 0 bridgehead atoms. The molecule has 1 unspecified atom stereocenters. The number of carbonyl (C=O) groups is 2. The number of carbonyl (C=O) groups excluding carboxylic acids is 2. The fourth-order valence-corrected chi connectivity index (χ4v) is 4.29. The van der Waals surface area contributed by atoms with Crippen LogP contribution >= 0.6 is 11.8 Å². The van der Waals surface area contributed by atoms with Gasteiger partial charge in [-0.25, -0.2) is 0 Å². The Labute approximate surface area is 196 Å². The molecule has 8 heteroatoms. The zero-order valence-electron chi connectivity index (χ0n) is 18.3. The Bertz CT molecular complexity index is 1240. The lowest BCUT2D eigenvalue weighted by Crippen LogP contribution is -2.15. The van der Waals surface area contributed by atoms with Gasteiger partial charge in [0.1, 0.15) is 0 Å². The fraction of sp³-hybridized carbons (Fsp3) is 0.160. The lowest BCUT2D eigenvalue weighted by Gasteiger charge is -2.13. The van der Waals surface area contributed by atoms with E-state index in [1.807, 2.05) is 41.8 Å². The van der Waals surface area contributed by atoms with E-state index in [2.05, 4.69) is 32.6 Å². The van der Waals surface area contributed by atoms with Crippen LogP contribution in [0.25, 0.3) is 11.4 Å². The van der Waals surface area contributed by atoms with E-state index in [1.165, 1.54) is 18.7 Å². The smallest absolute Gasteiger partial charge is 0.221 e. The van der Waals surface area contributed by atoms with Crippen molar-refractivity contribution in [2.45, 2.75) is 30.8 Å². The van der Waals surface area contributed by atoms with Crippen molar-refractivity contribution in [3.63, 3.8) is 0 Å². The minimum absolute atomic E-state index is 0.0194. The van der Waals surface area contributed by atoms with Crippen molar-refractivity contribution in [1.29, 1.82) is 0 Å². The van der Waals surface area contributed by atoms with E-state index in [0.717, 1.165) is 17.0 Å². The first-order valence-electron chi connectivity index (χ1n) is 10.5. The molecule has 0 saturated carbocycles. The summed E-state index contributed by atoms with van der Waals surface area (Å²) >= 11 is 1.38. The van der Waals surface area contributed by atoms with Gasteiger partial charge >= 0.3 is 0 Å². The van der Waals surface area contributed by atoms with Gasteiger partial charge in [0.15, 0.2) is 16.8 Å². The van der Waals surface area contributed by atoms with Crippen LogP contribution in [0.5, 0.6) is 0 Å². The molecule has 2 heterocycles. The molecule has 2 aromatic heterocycles. The van der Waals surface area contributed by atoms with E-state index < -0.39 is 0 Å². The minimum atomic E-state index is -0.374. The van der Waals surface area contributed by atoms with E-state index in [0.29, 0.717) is 23.0 Å². The average molecular weight is 458 g/mol. The Hall–Kier alpha value is -3.78. The third kappa shape index (κ3) is 5.53. The Balaban J connectivity index is 1.58. The number of aromatic nitrogens is 4. The van der Waals surface area contributed by atoms with Crippen molar-refractivity contribution in [2.24, 2.45) is 0 Å². The molecule has 166 valence electrons. The van der Waals surface area contributed by atoms with Crippen molar-refractivity contribution in [2.75, 3.05) is 5.32 Å². The largest absolute Gasteiger partial charge is 0.326 e. The molecular weight excluding hydrogens is 434 g/mol. The lowest BCUT2D eigenvalue weighted by molar-refractivity contribution is -0.114. The molecule has 0 aliphatic heterocycles. The van der Waals surface area contributed by atoms with Gasteiger partial charge in [-0.2, -0.15) is 0 Å². The molecule has 0 radical (unpaired) electrons. The summed E-state index contributed by atoms with van der Waals surface area (Å²) in [5.74, 6) is 0.554. The van der Waals surface area contributed by atoms with Gasteiger partial charge < -0.3 is 5.32 Å². The van der Waals surface area contributed by atoms with Gasteiger partial charge in [0.25, 0.3) is 0 Å². The van der Waals surface area contributed by atoms with E-state index in [9.17, 15) is 9.59 Å². The SMILES string of the molecule is CC(=O)Nc1ccc(C(=O)C(C)Sc2nnc(-c3ccncc3)n2Cc2ccccc2)cc1. The van der Waals surface area contributed by atoms with E-state index in [-0.39, 0.29) is 16.9 Å². The number of hydrogen-bond acceptors (Lipinski definition) is 6. The van der Waals surface area contributed by atoms with Crippen LogP contribution in [0, 0.1) is 0 Å². The third-order valence-electron chi connectivity index (χ3n) is 4.98. The predicted octanol–water partition coefficient (Wildman–Crippen LogP) is 4.71. The second-order valence-electron chi connectivity index (χ2n) is 7.50. The van der Waals surface area contributed by atoms with E-state index >= 15 is 0 Å². The summed E-state index contributed by atoms with van der Waals surface area (Å²) in [5, 5.41) is 11.8. The van der Waals surface area contributed by atoms with Crippen LogP contribution in [0.2, 0.25) is 0 Å². The maximum atomic E-state index is 13.1. The number of Topliss-reactive ketones (excluding diaryl/α,β-unsaturated/α-hetero) is 1. The number of pyridine rings is 1. The first-order valence-corrected chi connectivity index (χ1v) is 11.4. The first kappa shape index (κ1) is 22.4. The molecule has 4 rings (SSSR count). The Morgan fingerprint density at radius 1 is 0.970 bits per heavy atom. The highest BCUT2D eigenvalue weighted by Crippen LogP contribution is 2.29. The highest BCUT2D eigenvalue weighted by atomic mass is 32.2.